The number of sulfonamides is 1. The molecule has 7 nitrogen and oxygen atoms in total. The van der Waals surface area contributed by atoms with Crippen LogP contribution in [0, 0.1) is 6.92 Å². The van der Waals surface area contributed by atoms with Gasteiger partial charge in [-0.1, -0.05) is 0 Å². The van der Waals surface area contributed by atoms with Crippen molar-refractivity contribution in [1.82, 2.24) is 20.2 Å². The number of ether oxygens (including phenoxy) is 1. The second kappa shape index (κ2) is 5.35. The zero-order chi connectivity index (χ0) is 15.1. The summed E-state index contributed by atoms with van der Waals surface area (Å²) in [4.78, 5) is 0.267. The highest BCUT2D eigenvalue weighted by Crippen LogP contribution is 2.25. The first-order chi connectivity index (χ1) is 9.90. The molecule has 0 spiro atoms. The summed E-state index contributed by atoms with van der Waals surface area (Å²) >= 11 is 0. The lowest BCUT2D eigenvalue weighted by Gasteiger charge is -2.23. The monoisotopic (exact) mass is 314 g/mol. The van der Waals surface area contributed by atoms with Gasteiger partial charge in [0, 0.05) is 19.2 Å². The Balaban J connectivity index is 1.81. The molecule has 1 aliphatic carbocycles. The second-order valence-electron chi connectivity index (χ2n) is 6.25. The molecule has 1 unspecified atom stereocenters. The summed E-state index contributed by atoms with van der Waals surface area (Å²) in [5.41, 5.74) is 0.580. The fourth-order valence-corrected chi connectivity index (χ4v) is 4.39. The largest absolute Gasteiger partial charge is 0.379 e. The number of nitrogens with zero attached hydrogens (tertiary/aromatic N) is 1. The van der Waals surface area contributed by atoms with E-state index >= 15 is 0 Å². The fraction of sp³-hybridized carbons (Fsp3) is 0.769. The van der Waals surface area contributed by atoms with Crippen molar-refractivity contribution < 1.29 is 13.2 Å². The SMILES string of the molecule is Cc1[nH]nc(CNC2CC2)c1S(=O)(=O)NC1(C)CCOC1. The van der Waals surface area contributed by atoms with Gasteiger partial charge in [0.15, 0.2) is 0 Å². The summed E-state index contributed by atoms with van der Waals surface area (Å²) in [6.45, 7) is 5.06. The normalized spacial score (nSPS) is 26.4. The molecule has 1 aromatic heterocycles. The van der Waals surface area contributed by atoms with E-state index in [1.165, 1.54) is 0 Å². The summed E-state index contributed by atoms with van der Waals surface area (Å²) < 4.78 is 33.5. The highest BCUT2D eigenvalue weighted by atomic mass is 32.2. The molecule has 3 rings (SSSR count). The van der Waals surface area contributed by atoms with Crippen molar-refractivity contribution >= 4 is 10.0 Å². The Morgan fingerprint density at radius 2 is 2.24 bits per heavy atom. The van der Waals surface area contributed by atoms with Gasteiger partial charge < -0.3 is 10.1 Å². The van der Waals surface area contributed by atoms with Crippen LogP contribution in [0.4, 0.5) is 0 Å². The highest BCUT2D eigenvalue weighted by molar-refractivity contribution is 7.89. The van der Waals surface area contributed by atoms with E-state index in [4.69, 9.17) is 4.74 Å². The number of rotatable bonds is 6. The third-order valence-corrected chi connectivity index (χ3v) is 5.81. The number of aryl methyl sites for hydroxylation is 1. The Hall–Kier alpha value is -0.960. The van der Waals surface area contributed by atoms with Crippen LogP contribution in [-0.2, 0) is 21.3 Å². The number of aromatic nitrogens is 2. The third-order valence-electron chi connectivity index (χ3n) is 3.97. The minimum atomic E-state index is -3.61. The molecule has 1 aromatic rings. The summed E-state index contributed by atoms with van der Waals surface area (Å²) in [6, 6.07) is 0.506. The molecule has 0 aromatic carbocycles. The summed E-state index contributed by atoms with van der Waals surface area (Å²) in [5, 5.41) is 10.2. The number of nitrogens with one attached hydrogen (secondary N) is 3. The lowest BCUT2D eigenvalue weighted by atomic mass is 10.0. The number of H-pyrrole nitrogens is 1. The lowest BCUT2D eigenvalue weighted by molar-refractivity contribution is 0.178. The van der Waals surface area contributed by atoms with Crippen molar-refractivity contribution in [2.45, 2.75) is 56.1 Å². The Labute approximate surface area is 124 Å². The van der Waals surface area contributed by atoms with Crippen molar-refractivity contribution in [2.24, 2.45) is 0 Å². The van der Waals surface area contributed by atoms with Gasteiger partial charge in [-0.15, -0.1) is 0 Å². The van der Waals surface area contributed by atoms with Gasteiger partial charge in [-0.25, -0.2) is 13.1 Å². The Kier molecular flexibility index (Phi) is 3.81. The standard InChI is InChI=1S/C13H22N4O3S/c1-9-12(11(16-15-9)7-14-10-3-4-10)21(18,19)17-13(2)5-6-20-8-13/h10,14,17H,3-8H2,1-2H3,(H,15,16). The van der Waals surface area contributed by atoms with E-state index in [0.717, 1.165) is 12.8 Å². The van der Waals surface area contributed by atoms with Crippen LogP contribution in [0.25, 0.3) is 0 Å². The van der Waals surface area contributed by atoms with Crippen LogP contribution >= 0.6 is 0 Å². The summed E-state index contributed by atoms with van der Waals surface area (Å²) in [7, 11) is -3.61. The van der Waals surface area contributed by atoms with Crippen LogP contribution < -0.4 is 10.0 Å². The molecule has 2 heterocycles. The molecule has 1 saturated heterocycles. The van der Waals surface area contributed by atoms with Crippen LogP contribution in [0.3, 0.4) is 0 Å². The van der Waals surface area contributed by atoms with Crippen LogP contribution in [0.5, 0.6) is 0 Å². The van der Waals surface area contributed by atoms with E-state index in [2.05, 4.69) is 20.2 Å². The molecule has 1 aliphatic heterocycles. The van der Waals surface area contributed by atoms with Gasteiger partial charge in [-0.05, 0) is 33.1 Å². The average molecular weight is 314 g/mol. The molecular weight excluding hydrogens is 292 g/mol. The van der Waals surface area contributed by atoms with E-state index in [1.54, 1.807) is 6.92 Å². The van der Waals surface area contributed by atoms with Gasteiger partial charge >= 0.3 is 0 Å². The van der Waals surface area contributed by atoms with Crippen LogP contribution in [0.2, 0.25) is 0 Å². The van der Waals surface area contributed by atoms with E-state index in [0.29, 0.717) is 43.6 Å². The molecular formula is C13H22N4O3S. The van der Waals surface area contributed by atoms with E-state index in [1.807, 2.05) is 6.92 Å². The molecule has 0 radical (unpaired) electrons. The van der Waals surface area contributed by atoms with Gasteiger partial charge in [0.1, 0.15) is 4.90 Å². The second-order valence-corrected chi connectivity index (χ2v) is 7.87. The van der Waals surface area contributed by atoms with Crippen molar-refractivity contribution in [3.05, 3.63) is 11.4 Å². The van der Waals surface area contributed by atoms with Crippen molar-refractivity contribution in [3.8, 4) is 0 Å². The van der Waals surface area contributed by atoms with E-state index in [-0.39, 0.29) is 4.90 Å². The first kappa shape index (κ1) is 15.0. The zero-order valence-corrected chi connectivity index (χ0v) is 13.2. The van der Waals surface area contributed by atoms with Gasteiger partial charge in [0.2, 0.25) is 10.0 Å². The molecule has 2 fully saturated rings. The molecule has 0 bridgehead atoms. The van der Waals surface area contributed by atoms with Gasteiger partial charge in [0.25, 0.3) is 0 Å². The quantitative estimate of drug-likeness (QED) is 0.707. The van der Waals surface area contributed by atoms with E-state index < -0.39 is 15.6 Å². The minimum Gasteiger partial charge on any atom is -0.379 e. The first-order valence-electron chi connectivity index (χ1n) is 7.29. The fourth-order valence-electron chi connectivity index (χ4n) is 2.60. The molecule has 2 aliphatic rings. The van der Waals surface area contributed by atoms with Crippen LogP contribution in [-0.4, -0.2) is 43.4 Å². The van der Waals surface area contributed by atoms with Gasteiger partial charge in [-0.3, -0.25) is 5.10 Å². The number of hydrogen-bond acceptors (Lipinski definition) is 5. The summed E-state index contributed by atoms with van der Waals surface area (Å²) in [6.07, 6.45) is 2.98. The first-order valence-corrected chi connectivity index (χ1v) is 8.77. The molecule has 8 heteroatoms. The number of hydrogen-bond donors (Lipinski definition) is 3. The predicted molar refractivity (Wildman–Crippen MR) is 77.3 cm³/mol. The zero-order valence-electron chi connectivity index (χ0n) is 12.4. The topological polar surface area (TPSA) is 96.1 Å². The summed E-state index contributed by atoms with van der Waals surface area (Å²) in [5.74, 6) is 0. The maximum absolute atomic E-state index is 12.7. The van der Waals surface area contributed by atoms with Crippen molar-refractivity contribution in [2.75, 3.05) is 13.2 Å². The Bertz CT molecular complexity index is 615. The van der Waals surface area contributed by atoms with Crippen LogP contribution in [0.15, 0.2) is 4.90 Å². The van der Waals surface area contributed by atoms with Crippen molar-refractivity contribution in [1.29, 1.82) is 0 Å². The van der Waals surface area contributed by atoms with Gasteiger partial charge in [0.05, 0.1) is 23.5 Å². The molecule has 118 valence electrons. The highest BCUT2D eigenvalue weighted by Gasteiger charge is 2.37. The molecule has 0 amide bonds. The Morgan fingerprint density at radius 1 is 1.48 bits per heavy atom. The van der Waals surface area contributed by atoms with E-state index in [9.17, 15) is 8.42 Å². The van der Waals surface area contributed by atoms with Crippen LogP contribution in [0.1, 0.15) is 37.6 Å². The minimum absolute atomic E-state index is 0.267. The third kappa shape index (κ3) is 3.28. The molecule has 21 heavy (non-hydrogen) atoms. The molecule has 1 saturated carbocycles. The number of aromatic amines is 1. The van der Waals surface area contributed by atoms with Gasteiger partial charge in [-0.2, -0.15) is 5.10 Å². The maximum Gasteiger partial charge on any atom is 0.244 e. The Morgan fingerprint density at radius 3 is 2.86 bits per heavy atom. The smallest absolute Gasteiger partial charge is 0.244 e. The molecule has 3 N–H and O–H groups in total. The van der Waals surface area contributed by atoms with Crippen molar-refractivity contribution in [3.63, 3.8) is 0 Å². The average Bonchev–Trinajstić information content (AvgIpc) is 3.01. The maximum atomic E-state index is 12.7. The lowest BCUT2D eigenvalue weighted by Crippen LogP contribution is -2.46. The predicted octanol–water partition coefficient (Wildman–Crippen LogP) is 0.427. The molecule has 1 atom stereocenters.